The van der Waals surface area contributed by atoms with Crippen molar-refractivity contribution in [3.63, 3.8) is 0 Å². The second-order valence-electron chi connectivity index (χ2n) is 8.94. The van der Waals surface area contributed by atoms with Crippen molar-refractivity contribution in [3.8, 4) is 17.1 Å². The number of methoxy groups -OCH3 is 1. The molecule has 5 rings (SSSR count). The quantitative estimate of drug-likeness (QED) is 0.309. The van der Waals surface area contributed by atoms with Crippen LogP contribution in [0.5, 0.6) is 5.75 Å². The molecule has 1 N–H and O–H groups in total. The van der Waals surface area contributed by atoms with Crippen LogP contribution in [0.15, 0.2) is 36.8 Å². The number of halogens is 2. The normalized spacial score (nSPS) is 13.2. The van der Waals surface area contributed by atoms with Crippen LogP contribution in [0.1, 0.15) is 42.5 Å². The Balaban J connectivity index is 1.51. The SMILES string of the molecule is CCOc1cc(F)c(Cn2nc(-c3cc(Nc4ccncn4)n(CCOC)n3)c(C)c2C2CC2)c(F)c1. The van der Waals surface area contributed by atoms with Crippen molar-refractivity contribution in [1.82, 2.24) is 29.5 Å². The van der Waals surface area contributed by atoms with Crippen LogP contribution in [0.2, 0.25) is 0 Å². The molecule has 0 amide bonds. The Morgan fingerprint density at radius 3 is 2.54 bits per heavy atom. The van der Waals surface area contributed by atoms with Gasteiger partial charge in [0.15, 0.2) is 0 Å². The molecule has 3 aromatic heterocycles. The Bertz CT molecular complexity index is 1360. The fraction of sp³-hybridized carbons (Fsp3) is 0.385. The van der Waals surface area contributed by atoms with Gasteiger partial charge in [0, 0.05) is 54.2 Å². The lowest BCUT2D eigenvalue weighted by Crippen LogP contribution is -2.10. The van der Waals surface area contributed by atoms with Gasteiger partial charge in [-0.3, -0.25) is 4.68 Å². The molecule has 1 saturated carbocycles. The largest absolute Gasteiger partial charge is 0.494 e. The van der Waals surface area contributed by atoms with E-state index in [1.54, 1.807) is 35.7 Å². The maximum absolute atomic E-state index is 14.9. The van der Waals surface area contributed by atoms with Crippen molar-refractivity contribution in [1.29, 1.82) is 0 Å². The first-order chi connectivity index (χ1) is 18.0. The van der Waals surface area contributed by atoms with Crippen LogP contribution in [0.25, 0.3) is 11.4 Å². The van der Waals surface area contributed by atoms with Crippen LogP contribution in [0.4, 0.5) is 20.4 Å². The molecular formula is C26H29F2N7O2. The molecule has 0 radical (unpaired) electrons. The van der Waals surface area contributed by atoms with Crippen LogP contribution in [-0.2, 0) is 17.8 Å². The molecule has 0 aliphatic heterocycles. The molecule has 11 heteroatoms. The Labute approximate surface area is 213 Å². The number of rotatable bonds is 11. The summed E-state index contributed by atoms with van der Waals surface area (Å²) in [6, 6.07) is 6.10. The summed E-state index contributed by atoms with van der Waals surface area (Å²) in [7, 11) is 1.63. The van der Waals surface area contributed by atoms with Gasteiger partial charge >= 0.3 is 0 Å². The molecule has 0 saturated heterocycles. The predicted octanol–water partition coefficient (Wildman–Crippen LogP) is 4.84. The second-order valence-corrected chi connectivity index (χ2v) is 8.94. The highest BCUT2D eigenvalue weighted by atomic mass is 19.1. The summed E-state index contributed by atoms with van der Waals surface area (Å²) in [4.78, 5) is 8.18. The highest BCUT2D eigenvalue weighted by Crippen LogP contribution is 2.44. The summed E-state index contributed by atoms with van der Waals surface area (Å²) >= 11 is 0. The second kappa shape index (κ2) is 10.6. The first kappa shape index (κ1) is 24.8. The minimum absolute atomic E-state index is 0.0207. The maximum Gasteiger partial charge on any atom is 0.134 e. The summed E-state index contributed by atoms with van der Waals surface area (Å²) in [5.74, 6) is 0.523. The van der Waals surface area contributed by atoms with Crippen molar-refractivity contribution < 1.29 is 18.3 Å². The Morgan fingerprint density at radius 2 is 1.89 bits per heavy atom. The number of aromatic nitrogens is 6. The summed E-state index contributed by atoms with van der Waals surface area (Å²) in [6.07, 6.45) is 5.15. The number of hydrogen-bond donors (Lipinski definition) is 1. The van der Waals surface area contributed by atoms with Crippen LogP contribution >= 0.6 is 0 Å². The average Bonchev–Trinajstić information content (AvgIpc) is 3.56. The summed E-state index contributed by atoms with van der Waals surface area (Å²) in [5.41, 5.74) is 3.23. The van der Waals surface area contributed by atoms with E-state index in [4.69, 9.17) is 19.7 Å². The Morgan fingerprint density at radius 1 is 1.11 bits per heavy atom. The zero-order chi connectivity index (χ0) is 25.9. The fourth-order valence-electron chi connectivity index (χ4n) is 4.41. The summed E-state index contributed by atoms with van der Waals surface area (Å²) < 4.78 is 43.8. The molecule has 1 aliphatic rings. The van der Waals surface area contributed by atoms with Gasteiger partial charge in [0.2, 0.25) is 0 Å². The first-order valence-electron chi connectivity index (χ1n) is 12.3. The third-order valence-corrected chi connectivity index (χ3v) is 6.30. The Hall–Kier alpha value is -3.86. The number of anilines is 2. The van der Waals surface area contributed by atoms with Crippen LogP contribution in [-0.4, -0.2) is 49.9 Å². The smallest absolute Gasteiger partial charge is 0.134 e. The zero-order valence-corrected chi connectivity index (χ0v) is 21.0. The van der Waals surface area contributed by atoms with E-state index in [2.05, 4.69) is 15.3 Å². The lowest BCUT2D eigenvalue weighted by molar-refractivity contribution is 0.184. The number of nitrogens with zero attached hydrogens (tertiary/aromatic N) is 6. The van der Waals surface area contributed by atoms with E-state index in [-0.39, 0.29) is 17.9 Å². The van der Waals surface area contributed by atoms with Gasteiger partial charge in [-0.1, -0.05) is 0 Å². The number of ether oxygens (including phenoxy) is 2. The minimum Gasteiger partial charge on any atom is -0.494 e. The van der Waals surface area contributed by atoms with Gasteiger partial charge in [-0.25, -0.2) is 23.4 Å². The van der Waals surface area contributed by atoms with E-state index < -0.39 is 11.6 Å². The maximum atomic E-state index is 14.9. The van der Waals surface area contributed by atoms with Crippen molar-refractivity contribution >= 4 is 11.6 Å². The molecule has 1 fully saturated rings. The number of benzene rings is 1. The van der Waals surface area contributed by atoms with Crippen molar-refractivity contribution in [2.24, 2.45) is 0 Å². The zero-order valence-electron chi connectivity index (χ0n) is 21.0. The number of nitrogens with one attached hydrogen (secondary N) is 1. The molecule has 1 aromatic carbocycles. The van der Waals surface area contributed by atoms with Gasteiger partial charge < -0.3 is 14.8 Å². The molecule has 9 nitrogen and oxygen atoms in total. The molecule has 3 heterocycles. The van der Waals surface area contributed by atoms with Crippen molar-refractivity contribution in [2.75, 3.05) is 25.6 Å². The first-order valence-corrected chi connectivity index (χ1v) is 12.3. The molecule has 4 aromatic rings. The van der Waals surface area contributed by atoms with E-state index in [9.17, 15) is 8.78 Å². The minimum atomic E-state index is -0.653. The molecular weight excluding hydrogens is 480 g/mol. The van der Waals surface area contributed by atoms with E-state index in [0.29, 0.717) is 42.9 Å². The van der Waals surface area contributed by atoms with Gasteiger partial charge in [-0.2, -0.15) is 10.2 Å². The van der Waals surface area contributed by atoms with Gasteiger partial charge in [-0.05, 0) is 32.8 Å². The Kier molecular flexibility index (Phi) is 7.13. The van der Waals surface area contributed by atoms with E-state index in [1.807, 2.05) is 13.0 Å². The highest BCUT2D eigenvalue weighted by molar-refractivity contribution is 5.66. The average molecular weight is 510 g/mol. The highest BCUT2D eigenvalue weighted by Gasteiger charge is 2.32. The van der Waals surface area contributed by atoms with E-state index in [1.165, 1.54) is 18.5 Å². The molecule has 0 unspecified atom stereocenters. The summed E-state index contributed by atoms with van der Waals surface area (Å²) in [6.45, 7) is 5.05. The number of hydrogen-bond acceptors (Lipinski definition) is 7. The van der Waals surface area contributed by atoms with Gasteiger partial charge in [0.1, 0.15) is 46.7 Å². The molecule has 0 spiro atoms. The van der Waals surface area contributed by atoms with Crippen molar-refractivity contribution in [3.05, 3.63) is 65.2 Å². The third kappa shape index (κ3) is 5.31. The van der Waals surface area contributed by atoms with Gasteiger partial charge in [0.25, 0.3) is 0 Å². The molecule has 194 valence electrons. The molecule has 37 heavy (non-hydrogen) atoms. The standard InChI is InChI=1S/C26H29F2N7O2/c1-4-37-18-11-20(27)19(21(28)12-18)14-35-26(17-5-6-17)16(2)25(33-35)22-13-24(34(32-22)9-10-36-3)31-23-7-8-29-15-30-23/h7-8,11-13,15,17H,4-6,9-10,14H2,1-3H3,(H,29,30,31). The van der Waals surface area contributed by atoms with Gasteiger partial charge in [-0.15, -0.1) is 0 Å². The van der Waals surface area contributed by atoms with E-state index in [0.717, 1.165) is 29.9 Å². The molecule has 0 bridgehead atoms. The topological polar surface area (TPSA) is 91.9 Å². The monoisotopic (exact) mass is 509 g/mol. The van der Waals surface area contributed by atoms with Gasteiger partial charge in [0.05, 0.1) is 26.3 Å². The predicted molar refractivity (Wildman–Crippen MR) is 134 cm³/mol. The third-order valence-electron chi connectivity index (χ3n) is 6.30. The lowest BCUT2D eigenvalue weighted by atomic mass is 10.1. The van der Waals surface area contributed by atoms with Crippen LogP contribution in [0.3, 0.4) is 0 Å². The van der Waals surface area contributed by atoms with E-state index >= 15 is 0 Å². The molecule has 1 aliphatic carbocycles. The van der Waals surface area contributed by atoms with Crippen LogP contribution < -0.4 is 10.1 Å². The fourth-order valence-corrected chi connectivity index (χ4v) is 4.41. The molecule has 0 atom stereocenters. The van der Waals surface area contributed by atoms with Crippen LogP contribution in [0, 0.1) is 18.6 Å². The lowest BCUT2D eigenvalue weighted by Gasteiger charge is -2.11. The summed E-state index contributed by atoms with van der Waals surface area (Å²) in [5, 5.41) is 12.9. The van der Waals surface area contributed by atoms with Crippen molar-refractivity contribution in [2.45, 2.75) is 45.7 Å².